The van der Waals surface area contributed by atoms with Gasteiger partial charge in [0.2, 0.25) is 0 Å². The molecule has 3 nitrogen and oxygen atoms in total. The van der Waals surface area contributed by atoms with Gasteiger partial charge in [-0.2, -0.15) is 0 Å². The highest BCUT2D eigenvalue weighted by Gasteiger charge is 2.28. The first kappa shape index (κ1) is 79.9. The van der Waals surface area contributed by atoms with Gasteiger partial charge in [-0.15, -0.1) is 0 Å². The fraction of sp³-hybridized carbons (Fsp3) is 0. The summed E-state index contributed by atoms with van der Waals surface area (Å²) in [6.45, 7) is 0. The second kappa shape index (κ2) is 33.7. The molecule has 0 N–H and O–H groups in total. The van der Waals surface area contributed by atoms with Crippen molar-refractivity contribution in [3.8, 4) is 122 Å². The Labute approximate surface area is 791 Å². The zero-order valence-electron chi connectivity index (χ0n) is 74.7. The van der Waals surface area contributed by atoms with Crippen LogP contribution in [0.1, 0.15) is 0 Å². The molecule has 3 aromatic heterocycles. The van der Waals surface area contributed by atoms with Crippen LogP contribution in [0.4, 0.5) is 0 Å². The fourth-order valence-corrected chi connectivity index (χ4v) is 21.8. The maximum absolute atomic E-state index is 6.66. The van der Waals surface area contributed by atoms with Crippen molar-refractivity contribution in [2.45, 2.75) is 0 Å². The Hall–Kier alpha value is -18.0. The minimum Gasteiger partial charge on any atom is -0.456 e. The second-order valence-electron chi connectivity index (χ2n) is 35.7. The van der Waals surface area contributed by atoms with Gasteiger partial charge in [-0.05, 0) is 282 Å². The molecule has 0 aliphatic carbocycles. The summed E-state index contributed by atoms with van der Waals surface area (Å²) < 4.78 is 19.8. The van der Waals surface area contributed by atoms with Crippen LogP contribution in [0.25, 0.3) is 274 Å². The van der Waals surface area contributed by atoms with E-state index in [4.69, 9.17) is 13.3 Å². The molecule has 0 radical (unpaired) electrons. The van der Waals surface area contributed by atoms with Gasteiger partial charge < -0.3 is 13.3 Å². The van der Waals surface area contributed by atoms with Crippen molar-refractivity contribution in [1.29, 1.82) is 0 Å². The Kier molecular flexibility index (Phi) is 19.6. The summed E-state index contributed by atoms with van der Waals surface area (Å²) in [5.74, 6) is 0. The molecule has 0 aliphatic rings. The Morgan fingerprint density at radius 3 is 0.708 bits per heavy atom. The summed E-state index contributed by atoms with van der Waals surface area (Å²) in [5.41, 5.74) is 31.9. The average Bonchev–Trinajstić information content (AvgIpc) is 1.69. The molecule has 3 heterocycles. The van der Waals surface area contributed by atoms with Crippen LogP contribution in [0.15, 0.2) is 523 Å². The van der Waals surface area contributed by atoms with Crippen LogP contribution in [-0.2, 0) is 0 Å². The summed E-state index contributed by atoms with van der Waals surface area (Å²) in [4.78, 5) is 0. The number of hydrogen-bond donors (Lipinski definition) is 0. The lowest BCUT2D eigenvalue weighted by Gasteiger charge is -2.20. The van der Waals surface area contributed by atoms with Gasteiger partial charge in [0.25, 0.3) is 0 Å². The molecule has 0 fully saturated rings. The Morgan fingerprint density at radius 1 is 0.109 bits per heavy atom. The molecule has 0 spiro atoms. The van der Waals surface area contributed by atoms with Gasteiger partial charge in [-0.25, -0.2) is 0 Å². The number of hydrogen-bond acceptors (Lipinski definition) is 3. The normalized spacial score (nSPS) is 11.6. The summed E-state index contributed by atoms with van der Waals surface area (Å²) >= 11 is 0. The molecule has 0 amide bonds. The minimum absolute atomic E-state index is 0.896. The monoisotopic (exact) mass is 1740 g/mol. The predicted octanol–water partition coefficient (Wildman–Crippen LogP) is 38.3. The van der Waals surface area contributed by atoms with Crippen LogP contribution < -0.4 is 0 Å². The standard InChI is InChI=1S/C50H32O.2C42H26O/c1-4-16-33(17-5-1)36-28-37(34-18-6-2-7-19-34)30-39(29-36)48-40-22-10-12-24-42(40)49(43-25-13-11-23-41(43)48)45-31-38(35-20-8-3-9-21-35)32-47-50(45)44-26-14-15-27-46(44)51-47;1-2-13-28(14-3-1)31-24-25-37(41-36-20-10-11-21-38(36)43-42(31)41)40-34-18-8-6-16-32(34)39(33-17-7-9-19-35(33)40)30-23-22-27-12-4-5-15-29(27)26-30;1-2-12-27(13-3-1)31-25-37(42-36-20-10-11-21-38(36)43-39(42)26-31)41-34-18-8-6-16-32(34)40(33-17-7-9-19-35(33)41)30-23-22-28-14-4-5-15-29(28)24-30/h1-32H;2*1-26H. The molecule has 0 bridgehead atoms. The van der Waals surface area contributed by atoms with Gasteiger partial charge in [0.05, 0.1) is 0 Å². The van der Waals surface area contributed by atoms with E-state index in [0.717, 1.165) is 93.6 Å². The van der Waals surface area contributed by atoms with E-state index in [-0.39, 0.29) is 0 Å². The van der Waals surface area contributed by atoms with Crippen LogP contribution in [-0.4, -0.2) is 0 Å². The third-order valence-electron chi connectivity index (χ3n) is 27.9. The van der Waals surface area contributed by atoms with E-state index < -0.39 is 0 Å². The lowest BCUT2D eigenvalue weighted by molar-refractivity contribution is 0.669. The molecule has 137 heavy (non-hydrogen) atoms. The van der Waals surface area contributed by atoms with E-state index in [1.165, 1.54) is 181 Å². The maximum atomic E-state index is 6.66. The minimum atomic E-state index is 0.896. The third kappa shape index (κ3) is 13.9. The summed E-state index contributed by atoms with van der Waals surface area (Å²) in [7, 11) is 0. The molecule has 0 saturated heterocycles. The molecular weight excluding hydrogens is 1660 g/mol. The van der Waals surface area contributed by atoms with Crippen molar-refractivity contribution < 1.29 is 13.3 Å². The highest BCUT2D eigenvalue weighted by Crippen LogP contribution is 2.54. The molecule has 0 aliphatic heterocycles. The predicted molar refractivity (Wildman–Crippen MR) is 581 cm³/mol. The lowest BCUT2D eigenvalue weighted by atomic mass is 9.83. The fourth-order valence-electron chi connectivity index (χ4n) is 21.8. The number of benzene rings is 25. The van der Waals surface area contributed by atoms with Crippen LogP contribution >= 0.6 is 0 Å². The number of rotatable bonds is 11. The SMILES string of the molecule is c1ccc(-c2cc(-c3c4ccccc4c(-c4ccc5ccccc5c4)c4ccccc34)c3c(c2)oc2ccccc23)cc1.c1ccc(-c2cc(-c3ccccc3)cc(-c3c4ccccc4c(-c4cc(-c5ccccc5)cc5oc6ccccc6c45)c4ccccc34)c2)cc1.c1ccc(-c2ccc(-c3c4ccccc4c(-c4ccc5ccccc5c4)c4ccccc34)c3c2oc2ccccc23)cc1. The van der Waals surface area contributed by atoms with E-state index in [9.17, 15) is 0 Å². The van der Waals surface area contributed by atoms with Crippen molar-refractivity contribution in [3.63, 3.8) is 0 Å². The van der Waals surface area contributed by atoms with Crippen LogP contribution in [0.2, 0.25) is 0 Å². The first-order chi connectivity index (χ1) is 68.0. The largest absolute Gasteiger partial charge is 0.456 e. The molecule has 3 heteroatoms. The van der Waals surface area contributed by atoms with Gasteiger partial charge in [0, 0.05) is 37.9 Å². The molecule has 28 rings (SSSR count). The highest BCUT2D eigenvalue weighted by atomic mass is 16.3. The molecule has 0 unspecified atom stereocenters. The average molecular weight is 1740 g/mol. The van der Waals surface area contributed by atoms with E-state index in [2.05, 4.69) is 504 Å². The highest BCUT2D eigenvalue weighted by molar-refractivity contribution is 6.31. The zero-order valence-corrected chi connectivity index (χ0v) is 74.7. The van der Waals surface area contributed by atoms with E-state index >= 15 is 0 Å². The van der Waals surface area contributed by atoms with Gasteiger partial charge in [-0.1, -0.05) is 431 Å². The topological polar surface area (TPSA) is 39.4 Å². The van der Waals surface area contributed by atoms with Crippen molar-refractivity contribution in [1.82, 2.24) is 0 Å². The molecular formula is C134H84O3. The van der Waals surface area contributed by atoms with E-state index in [1.54, 1.807) is 0 Å². The number of fused-ring (bicyclic) bond motifs is 17. The lowest BCUT2D eigenvalue weighted by Crippen LogP contribution is -1.93. The van der Waals surface area contributed by atoms with Gasteiger partial charge in [-0.3, -0.25) is 0 Å². The quantitative estimate of drug-likeness (QED) is 0.121. The van der Waals surface area contributed by atoms with Crippen molar-refractivity contribution in [2.75, 3.05) is 0 Å². The van der Waals surface area contributed by atoms with Gasteiger partial charge in [0.15, 0.2) is 0 Å². The molecule has 638 valence electrons. The molecule has 0 saturated carbocycles. The van der Waals surface area contributed by atoms with Crippen molar-refractivity contribution in [2.24, 2.45) is 0 Å². The van der Waals surface area contributed by atoms with E-state index in [0.29, 0.717) is 0 Å². The Bertz CT molecular complexity index is 9410. The summed E-state index contributed by atoms with van der Waals surface area (Å²) in [6, 6.07) is 183. The van der Waals surface area contributed by atoms with Crippen LogP contribution in [0, 0.1) is 0 Å². The van der Waals surface area contributed by atoms with E-state index in [1.807, 2.05) is 6.07 Å². The molecule has 0 atom stereocenters. The second-order valence-corrected chi connectivity index (χ2v) is 35.7. The third-order valence-corrected chi connectivity index (χ3v) is 27.9. The number of furan rings is 3. The summed E-state index contributed by atoms with van der Waals surface area (Å²) in [6.07, 6.45) is 0. The first-order valence-electron chi connectivity index (χ1n) is 47.1. The smallest absolute Gasteiger partial charge is 0.143 e. The zero-order chi connectivity index (χ0) is 90.4. The first-order valence-corrected chi connectivity index (χ1v) is 47.1. The number of para-hydroxylation sites is 3. The Morgan fingerprint density at radius 2 is 0.358 bits per heavy atom. The molecule has 28 aromatic rings. The maximum Gasteiger partial charge on any atom is 0.143 e. The van der Waals surface area contributed by atoms with Gasteiger partial charge in [0.1, 0.15) is 33.5 Å². The summed E-state index contributed by atoms with van der Waals surface area (Å²) in [5, 5.41) is 26.7. The van der Waals surface area contributed by atoms with Crippen molar-refractivity contribution >= 4 is 152 Å². The molecule has 25 aromatic carbocycles. The van der Waals surface area contributed by atoms with Gasteiger partial charge >= 0.3 is 0 Å². The van der Waals surface area contributed by atoms with Crippen LogP contribution in [0.5, 0.6) is 0 Å². The Balaban J connectivity index is 0.000000107. The van der Waals surface area contributed by atoms with Crippen LogP contribution in [0.3, 0.4) is 0 Å². The van der Waals surface area contributed by atoms with Crippen molar-refractivity contribution in [3.05, 3.63) is 510 Å².